The molecular weight excluding hydrogens is 456 g/mol. The van der Waals surface area contributed by atoms with Gasteiger partial charge in [-0.25, -0.2) is 9.97 Å². The summed E-state index contributed by atoms with van der Waals surface area (Å²) in [6, 6.07) is 0.373. The molecule has 3 aliphatic heterocycles. The first-order chi connectivity index (χ1) is 16.4. The predicted octanol–water partition coefficient (Wildman–Crippen LogP) is 2.55. The maximum absolute atomic E-state index is 13.6. The maximum atomic E-state index is 13.6. The average molecular weight is 487 g/mol. The number of ketones is 2. The van der Waals surface area contributed by atoms with Crippen molar-refractivity contribution in [1.29, 1.82) is 0 Å². The van der Waals surface area contributed by atoms with Crippen molar-refractivity contribution in [1.82, 2.24) is 14.9 Å². The molecule has 9 heteroatoms. The Hall–Kier alpha value is -1.87. The number of ether oxygens (including phenoxy) is 2. The van der Waals surface area contributed by atoms with Crippen molar-refractivity contribution in [2.24, 2.45) is 11.1 Å². The third-order valence-corrected chi connectivity index (χ3v) is 8.97. The van der Waals surface area contributed by atoms with E-state index in [1.165, 1.54) is 0 Å². The summed E-state index contributed by atoms with van der Waals surface area (Å²) >= 11 is 6.76. The SMILES string of the molecule is N/C(=C1/CCC[C@@]2(CCCCC2=O)C1=O)c1nc(Cl)c2c(n1)[C@@]1(CCOC1)CN(C1COC1)C2. The van der Waals surface area contributed by atoms with Gasteiger partial charge in [0.1, 0.15) is 10.9 Å². The lowest BCUT2D eigenvalue weighted by Gasteiger charge is -2.46. The molecule has 2 saturated heterocycles. The molecular formula is C25H31ClN4O4. The molecule has 2 atom stereocenters. The van der Waals surface area contributed by atoms with Crippen LogP contribution in [-0.2, 0) is 31.0 Å². The van der Waals surface area contributed by atoms with Crippen molar-refractivity contribution in [3.63, 3.8) is 0 Å². The van der Waals surface area contributed by atoms with Crippen molar-refractivity contribution < 1.29 is 19.1 Å². The molecule has 0 radical (unpaired) electrons. The summed E-state index contributed by atoms with van der Waals surface area (Å²) in [7, 11) is 0. The molecule has 34 heavy (non-hydrogen) atoms. The Labute approximate surface area is 204 Å². The fourth-order valence-corrected chi connectivity index (χ4v) is 6.79. The van der Waals surface area contributed by atoms with Gasteiger partial charge in [-0.15, -0.1) is 0 Å². The third-order valence-electron chi connectivity index (χ3n) is 8.66. The van der Waals surface area contributed by atoms with Crippen LogP contribution in [0.5, 0.6) is 0 Å². The van der Waals surface area contributed by atoms with Crippen LogP contribution in [0.4, 0.5) is 0 Å². The minimum Gasteiger partial charge on any atom is -0.395 e. The molecule has 2 spiro atoms. The Kier molecular flexibility index (Phi) is 5.56. The van der Waals surface area contributed by atoms with Crippen molar-refractivity contribution in [3.8, 4) is 0 Å². The summed E-state index contributed by atoms with van der Waals surface area (Å²) in [6.45, 7) is 4.19. The van der Waals surface area contributed by atoms with Crippen LogP contribution in [-0.4, -0.2) is 65.4 Å². The lowest BCUT2D eigenvalue weighted by molar-refractivity contribution is -0.143. The van der Waals surface area contributed by atoms with E-state index in [4.69, 9.17) is 31.8 Å². The van der Waals surface area contributed by atoms with Crippen LogP contribution >= 0.6 is 11.6 Å². The number of allylic oxidation sites excluding steroid dienone is 1. The van der Waals surface area contributed by atoms with Gasteiger partial charge in [-0.2, -0.15) is 0 Å². The Morgan fingerprint density at radius 2 is 1.88 bits per heavy atom. The van der Waals surface area contributed by atoms with Gasteiger partial charge in [-0.1, -0.05) is 18.0 Å². The van der Waals surface area contributed by atoms with Gasteiger partial charge < -0.3 is 15.2 Å². The van der Waals surface area contributed by atoms with Crippen molar-refractivity contribution >= 4 is 28.9 Å². The van der Waals surface area contributed by atoms with Gasteiger partial charge in [0.2, 0.25) is 0 Å². The van der Waals surface area contributed by atoms with Crippen molar-refractivity contribution in [3.05, 3.63) is 27.8 Å². The van der Waals surface area contributed by atoms with E-state index in [1.54, 1.807) is 0 Å². The first kappa shape index (κ1) is 22.6. The van der Waals surface area contributed by atoms with E-state index >= 15 is 0 Å². The first-order valence-corrected chi connectivity index (χ1v) is 12.8. The third kappa shape index (κ3) is 3.37. The fraction of sp³-hybridized carbons (Fsp3) is 0.680. The molecule has 6 rings (SSSR count). The summed E-state index contributed by atoms with van der Waals surface area (Å²) in [5.41, 5.74) is 8.01. The summed E-state index contributed by atoms with van der Waals surface area (Å²) in [5.74, 6) is 0.257. The second-order valence-corrected chi connectivity index (χ2v) is 11.0. The Bertz CT molecular complexity index is 1070. The van der Waals surface area contributed by atoms with E-state index in [0.29, 0.717) is 68.0 Å². The second kappa shape index (κ2) is 8.36. The zero-order valence-corrected chi connectivity index (χ0v) is 20.2. The molecule has 2 saturated carbocycles. The molecule has 1 aromatic rings. The Morgan fingerprint density at radius 3 is 2.59 bits per heavy atom. The lowest BCUT2D eigenvalue weighted by Crippen LogP contribution is -2.56. The molecule has 0 bridgehead atoms. The number of carbonyl (C=O) groups is 2. The van der Waals surface area contributed by atoms with Gasteiger partial charge in [-0.05, 0) is 38.5 Å². The summed E-state index contributed by atoms with van der Waals surface area (Å²) < 4.78 is 11.3. The van der Waals surface area contributed by atoms with Crippen LogP contribution in [0.3, 0.4) is 0 Å². The molecule has 1 aromatic heterocycles. The van der Waals surface area contributed by atoms with Gasteiger partial charge in [0, 0.05) is 37.3 Å². The van der Waals surface area contributed by atoms with Gasteiger partial charge in [0.25, 0.3) is 0 Å². The number of halogens is 1. The second-order valence-electron chi connectivity index (χ2n) is 10.6. The Balaban J connectivity index is 1.41. The zero-order chi connectivity index (χ0) is 23.5. The molecule has 0 aromatic carbocycles. The van der Waals surface area contributed by atoms with E-state index in [0.717, 1.165) is 56.7 Å². The van der Waals surface area contributed by atoms with E-state index in [-0.39, 0.29) is 22.7 Å². The molecule has 4 heterocycles. The highest BCUT2D eigenvalue weighted by atomic mass is 35.5. The molecule has 182 valence electrons. The molecule has 2 N–H and O–H groups in total. The van der Waals surface area contributed by atoms with Crippen LogP contribution in [0.15, 0.2) is 5.57 Å². The topological polar surface area (TPSA) is 108 Å². The number of aromatic nitrogens is 2. The van der Waals surface area contributed by atoms with Crippen LogP contribution in [0.2, 0.25) is 5.15 Å². The Morgan fingerprint density at radius 1 is 1.06 bits per heavy atom. The lowest BCUT2D eigenvalue weighted by atomic mass is 9.62. The first-order valence-electron chi connectivity index (χ1n) is 12.5. The number of nitrogens with two attached hydrogens (primary N) is 1. The summed E-state index contributed by atoms with van der Waals surface area (Å²) in [6.07, 6.45) is 5.64. The van der Waals surface area contributed by atoms with Crippen molar-refractivity contribution in [2.45, 2.75) is 69.4 Å². The molecule has 8 nitrogen and oxygen atoms in total. The minimum atomic E-state index is -0.902. The van der Waals surface area contributed by atoms with E-state index in [9.17, 15) is 9.59 Å². The molecule has 2 aliphatic carbocycles. The van der Waals surface area contributed by atoms with Gasteiger partial charge in [0.05, 0.1) is 48.1 Å². The van der Waals surface area contributed by atoms with Crippen LogP contribution in [0.25, 0.3) is 5.70 Å². The molecule has 4 fully saturated rings. The van der Waals surface area contributed by atoms with Crippen molar-refractivity contribution in [2.75, 3.05) is 33.0 Å². The largest absolute Gasteiger partial charge is 0.395 e. The van der Waals surface area contributed by atoms with Gasteiger partial charge in [-0.3, -0.25) is 14.5 Å². The number of rotatable bonds is 2. The molecule has 0 amide bonds. The van der Waals surface area contributed by atoms with Crippen LogP contribution in [0.1, 0.15) is 68.4 Å². The summed E-state index contributed by atoms with van der Waals surface area (Å²) in [4.78, 5) is 38.4. The number of carbonyl (C=O) groups excluding carboxylic acids is 2. The number of hydrogen-bond acceptors (Lipinski definition) is 8. The number of hydrogen-bond donors (Lipinski definition) is 1. The zero-order valence-electron chi connectivity index (χ0n) is 19.4. The maximum Gasteiger partial charge on any atom is 0.177 e. The smallest absolute Gasteiger partial charge is 0.177 e. The minimum absolute atomic E-state index is 0.0697. The van der Waals surface area contributed by atoms with E-state index in [2.05, 4.69) is 9.88 Å². The highest BCUT2D eigenvalue weighted by molar-refractivity contribution is 6.30. The summed E-state index contributed by atoms with van der Waals surface area (Å²) in [5, 5.41) is 0.381. The van der Waals surface area contributed by atoms with E-state index < -0.39 is 5.41 Å². The van der Waals surface area contributed by atoms with Crippen LogP contribution < -0.4 is 5.73 Å². The highest BCUT2D eigenvalue weighted by Crippen LogP contribution is 2.46. The predicted molar refractivity (Wildman–Crippen MR) is 125 cm³/mol. The van der Waals surface area contributed by atoms with Gasteiger partial charge in [0.15, 0.2) is 11.6 Å². The van der Waals surface area contributed by atoms with Gasteiger partial charge >= 0.3 is 0 Å². The van der Waals surface area contributed by atoms with E-state index in [1.807, 2.05) is 0 Å². The molecule has 5 aliphatic rings. The number of Topliss-reactive ketones (excluding diaryl/α,β-unsaturated/α-hetero) is 2. The van der Waals surface area contributed by atoms with Crippen LogP contribution in [0, 0.1) is 5.41 Å². The number of nitrogens with zero attached hydrogens (tertiary/aromatic N) is 3. The quantitative estimate of drug-likeness (QED) is 0.386. The average Bonchev–Trinajstić information content (AvgIpc) is 3.25. The highest BCUT2D eigenvalue weighted by Gasteiger charge is 2.50. The molecule has 0 unspecified atom stereocenters. The normalized spacial score (nSPS) is 33.9. The standard InChI is InChI=1S/C25H31ClN4O4/c26-22-17-10-30(15-11-34-12-15)13-24(8-9-33-14-24)20(17)28-23(29-22)19(27)16-4-3-7-25(21(16)32)6-2-1-5-18(25)31/h15H,1-14,27H2/b19-16-/t24-,25+/m0/s1. The fourth-order valence-electron chi connectivity index (χ4n) is 6.56. The monoisotopic (exact) mass is 486 g/mol. The number of fused-ring (bicyclic) bond motifs is 2.